The first-order chi connectivity index (χ1) is 19.7. The van der Waals surface area contributed by atoms with Gasteiger partial charge in [-0.3, -0.25) is 14.6 Å². The predicted octanol–water partition coefficient (Wildman–Crippen LogP) is 2.64. The molecule has 0 radical (unpaired) electrons. The summed E-state index contributed by atoms with van der Waals surface area (Å²) in [7, 11) is 5.26. The van der Waals surface area contributed by atoms with Crippen LogP contribution >= 0.6 is 0 Å². The second-order valence-electron chi connectivity index (χ2n) is 11.2. The van der Waals surface area contributed by atoms with Gasteiger partial charge in [-0.1, -0.05) is 6.07 Å². The molecule has 1 amide bonds. The molecule has 1 saturated heterocycles. The maximum atomic E-state index is 12.2. The SMILES string of the molecule is COCOc1c(OC)c(C)cc2c1C1C3Cc4c(O)c(C)c5c(c4[C@H](CNC(C)=O)N3[C@@H](C#N)[C@H](C2)N1C)OCO5. The number of aryl methyl sites for hydroxylation is 1. The minimum Gasteiger partial charge on any atom is -0.507 e. The second kappa shape index (κ2) is 10.3. The smallest absolute Gasteiger partial charge is 0.231 e. The van der Waals surface area contributed by atoms with Gasteiger partial charge < -0.3 is 34.1 Å². The van der Waals surface area contributed by atoms with Crippen LogP contribution in [0.5, 0.6) is 28.7 Å². The Morgan fingerprint density at radius 2 is 1.93 bits per heavy atom. The summed E-state index contributed by atoms with van der Waals surface area (Å²) in [5.41, 5.74) is 5.19. The Hall–Kier alpha value is -3.72. The molecule has 2 N–H and O–H groups in total. The van der Waals surface area contributed by atoms with Gasteiger partial charge in [-0.2, -0.15) is 5.26 Å². The molecule has 4 heterocycles. The van der Waals surface area contributed by atoms with Gasteiger partial charge in [0.1, 0.15) is 11.8 Å². The van der Waals surface area contributed by atoms with E-state index in [0.29, 0.717) is 41.4 Å². The molecule has 4 aliphatic rings. The second-order valence-corrected chi connectivity index (χ2v) is 11.2. The Labute approximate surface area is 239 Å². The lowest BCUT2D eigenvalue weighted by Crippen LogP contribution is -2.68. The average molecular weight is 565 g/mol. The number of likely N-dealkylation sites (N-methyl/N-ethyl adjacent to an activating group) is 1. The molecular weight excluding hydrogens is 528 g/mol. The number of carbonyl (C=O) groups is 1. The van der Waals surface area contributed by atoms with Crippen molar-refractivity contribution in [2.75, 3.05) is 41.4 Å². The molecule has 6 rings (SSSR count). The molecule has 1 fully saturated rings. The summed E-state index contributed by atoms with van der Waals surface area (Å²) in [4.78, 5) is 16.7. The number of benzene rings is 2. The third-order valence-electron chi connectivity index (χ3n) is 9.14. The Morgan fingerprint density at radius 3 is 2.61 bits per heavy atom. The fraction of sp³-hybridized carbons (Fsp3) is 0.533. The van der Waals surface area contributed by atoms with E-state index < -0.39 is 12.1 Å². The van der Waals surface area contributed by atoms with E-state index in [2.05, 4.69) is 34.3 Å². The number of carbonyl (C=O) groups excluding carboxylic acids is 1. The van der Waals surface area contributed by atoms with Crippen LogP contribution in [0.25, 0.3) is 0 Å². The van der Waals surface area contributed by atoms with Crippen LogP contribution in [0, 0.1) is 25.2 Å². The number of hydrogen-bond acceptors (Lipinski definition) is 10. The normalized spacial score (nSPS) is 25.9. The number of fused-ring (bicyclic) bond motifs is 9. The molecule has 41 heavy (non-hydrogen) atoms. The molecule has 0 spiro atoms. The number of hydrogen-bond donors (Lipinski definition) is 2. The van der Waals surface area contributed by atoms with Gasteiger partial charge >= 0.3 is 0 Å². The lowest BCUT2D eigenvalue weighted by Gasteiger charge is -2.60. The van der Waals surface area contributed by atoms with Crippen molar-refractivity contribution in [2.24, 2.45) is 0 Å². The molecule has 11 nitrogen and oxygen atoms in total. The van der Waals surface area contributed by atoms with E-state index in [-0.39, 0.29) is 49.9 Å². The van der Waals surface area contributed by atoms with Gasteiger partial charge in [-0.05, 0) is 44.9 Å². The van der Waals surface area contributed by atoms with Crippen molar-refractivity contribution in [2.45, 2.75) is 63.8 Å². The molecule has 2 unspecified atom stereocenters. The summed E-state index contributed by atoms with van der Waals surface area (Å²) < 4.78 is 29.1. The van der Waals surface area contributed by atoms with Crippen molar-refractivity contribution < 1.29 is 33.6 Å². The summed E-state index contributed by atoms with van der Waals surface area (Å²) in [6, 6.07) is 3.25. The third-order valence-corrected chi connectivity index (χ3v) is 9.14. The predicted molar refractivity (Wildman–Crippen MR) is 147 cm³/mol. The summed E-state index contributed by atoms with van der Waals surface area (Å²) in [6.07, 6.45) is 1.09. The summed E-state index contributed by atoms with van der Waals surface area (Å²) in [5.74, 6) is 2.34. The molecular formula is C30H36N4O7. The van der Waals surface area contributed by atoms with Crippen LogP contribution in [-0.4, -0.2) is 80.3 Å². The van der Waals surface area contributed by atoms with Crippen LogP contribution in [0.2, 0.25) is 0 Å². The zero-order valence-electron chi connectivity index (χ0n) is 24.2. The number of nitrogens with one attached hydrogen (secondary N) is 1. The number of phenolic OH excluding ortho intramolecular Hbond substituents is 1. The molecule has 0 aromatic heterocycles. The number of amides is 1. The van der Waals surface area contributed by atoms with Crippen LogP contribution in [0.3, 0.4) is 0 Å². The van der Waals surface area contributed by atoms with Gasteiger partial charge in [0.15, 0.2) is 29.8 Å². The van der Waals surface area contributed by atoms with Crippen molar-refractivity contribution >= 4 is 5.91 Å². The first kappa shape index (κ1) is 27.4. The van der Waals surface area contributed by atoms with Gasteiger partial charge in [-0.15, -0.1) is 0 Å². The first-order valence-electron chi connectivity index (χ1n) is 13.8. The Balaban J connectivity index is 1.60. The number of ether oxygens (including phenoxy) is 5. The highest BCUT2D eigenvalue weighted by molar-refractivity contribution is 5.73. The van der Waals surface area contributed by atoms with Gasteiger partial charge in [0.2, 0.25) is 12.7 Å². The minimum absolute atomic E-state index is 0.0464. The van der Waals surface area contributed by atoms with Crippen LogP contribution < -0.4 is 24.3 Å². The van der Waals surface area contributed by atoms with E-state index in [4.69, 9.17) is 23.7 Å². The van der Waals surface area contributed by atoms with Gasteiger partial charge in [0.05, 0.1) is 25.3 Å². The standard InChI is InChI=1S/C30H36N4O7/c1-14-7-17-8-19-21(10-31)34-20(25(33(19)4)23(17)29(27(14)38-6)39-12-37-5)9-18-24(22(34)11-32-16(3)35)30-28(40-13-41-30)15(2)26(18)36/h7,19-22,25,36H,8-9,11-13H2,1-6H3,(H,32,35)/t19-,20?,21-,22-,25?/m0/s1. The van der Waals surface area contributed by atoms with E-state index in [1.807, 2.05) is 13.8 Å². The number of rotatable bonds is 6. The van der Waals surface area contributed by atoms with E-state index in [9.17, 15) is 15.2 Å². The number of methoxy groups -OCH3 is 2. The van der Waals surface area contributed by atoms with Gasteiger partial charge in [-0.25, -0.2) is 0 Å². The van der Waals surface area contributed by atoms with E-state index >= 15 is 0 Å². The van der Waals surface area contributed by atoms with Gasteiger partial charge in [0, 0.05) is 54.9 Å². The Kier molecular flexibility index (Phi) is 6.88. The highest BCUT2D eigenvalue weighted by Gasteiger charge is 2.56. The Morgan fingerprint density at radius 1 is 1.17 bits per heavy atom. The highest BCUT2D eigenvalue weighted by Crippen LogP contribution is 2.58. The number of phenols is 1. The lowest BCUT2D eigenvalue weighted by atomic mass is 9.71. The molecule has 2 aromatic carbocycles. The molecule has 218 valence electrons. The molecule has 11 heteroatoms. The molecule has 4 aliphatic heterocycles. The maximum absolute atomic E-state index is 12.2. The number of aromatic hydroxyl groups is 1. The molecule has 0 saturated carbocycles. The molecule has 2 bridgehead atoms. The van der Waals surface area contributed by atoms with Crippen molar-refractivity contribution in [3.8, 4) is 34.8 Å². The zero-order chi connectivity index (χ0) is 29.2. The topological polar surface area (TPSA) is 126 Å². The van der Waals surface area contributed by atoms with E-state index in [0.717, 1.165) is 27.8 Å². The molecule has 2 aromatic rings. The quantitative estimate of drug-likeness (QED) is 0.506. The van der Waals surface area contributed by atoms with Crippen molar-refractivity contribution in [3.05, 3.63) is 39.4 Å². The first-order valence-corrected chi connectivity index (χ1v) is 13.8. The monoisotopic (exact) mass is 564 g/mol. The van der Waals surface area contributed by atoms with Gasteiger partial charge in [0.25, 0.3) is 0 Å². The van der Waals surface area contributed by atoms with Crippen molar-refractivity contribution in [1.82, 2.24) is 15.1 Å². The van der Waals surface area contributed by atoms with Crippen LogP contribution in [-0.2, 0) is 22.4 Å². The van der Waals surface area contributed by atoms with Crippen LogP contribution in [0.4, 0.5) is 0 Å². The number of nitriles is 1. The number of nitrogens with zero attached hydrogens (tertiary/aromatic N) is 3. The van der Waals surface area contributed by atoms with E-state index in [1.165, 1.54) is 6.92 Å². The minimum atomic E-state index is -0.492. The lowest BCUT2D eigenvalue weighted by molar-refractivity contribution is -0.120. The highest BCUT2D eigenvalue weighted by atomic mass is 16.7. The van der Waals surface area contributed by atoms with Crippen LogP contribution in [0.15, 0.2) is 6.07 Å². The largest absolute Gasteiger partial charge is 0.507 e. The fourth-order valence-electron chi connectivity index (χ4n) is 7.52. The fourth-order valence-corrected chi connectivity index (χ4v) is 7.52. The maximum Gasteiger partial charge on any atom is 0.231 e. The third kappa shape index (κ3) is 4.00. The van der Waals surface area contributed by atoms with Crippen molar-refractivity contribution in [3.63, 3.8) is 0 Å². The van der Waals surface area contributed by atoms with Crippen LogP contribution in [0.1, 0.15) is 52.4 Å². The Bertz CT molecular complexity index is 1450. The van der Waals surface area contributed by atoms with E-state index in [1.54, 1.807) is 14.2 Å². The summed E-state index contributed by atoms with van der Waals surface area (Å²) >= 11 is 0. The number of piperazine rings is 1. The van der Waals surface area contributed by atoms with Crippen molar-refractivity contribution in [1.29, 1.82) is 5.26 Å². The molecule has 0 aliphatic carbocycles. The average Bonchev–Trinajstić information content (AvgIpc) is 3.43. The summed E-state index contributed by atoms with van der Waals surface area (Å²) in [6.45, 7) is 5.63. The zero-order valence-corrected chi connectivity index (χ0v) is 24.2. The summed E-state index contributed by atoms with van der Waals surface area (Å²) in [5, 5.41) is 25.2. The molecule has 5 atom stereocenters.